The van der Waals surface area contributed by atoms with Crippen molar-refractivity contribution in [3.05, 3.63) is 29.8 Å². The van der Waals surface area contributed by atoms with Gasteiger partial charge in [-0.1, -0.05) is 12.1 Å². The Bertz CT molecular complexity index is 364. The van der Waals surface area contributed by atoms with E-state index in [1.54, 1.807) is 12.1 Å². The number of ether oxygens (including phenoxy) is 1. The summed E-state index contributed by atoms with van der Waals surface area (Å²) in [5.41, 5.74) is 1.07. The summed E-state index contributed by atoms with van der Waals surface area (Å²) >= 11 is 0. The van der Waals surface area contributed by atoms with Crippen molar-refractivity contribution in [2.45, 2.75) is 26.0 Å². The van der Waals surface area contributed by atoms with Gasteiger partial charge in [0.1, 0.15) is 5.75 Å². The van der Waals surface area contributed by atoms with Crippen LogP contribution < -0.4 is 15.4 Å². The topological polar surface area (TPSA) is 33.3 Å². The minimum Gasteiger partial charge on any atom is -0.435 e. The van der Waals surface area contributed by atoms with Gasteiger partial charge in [-0.2, -0.15) is 8.78 Å². The van der Waals surface area contributed by atoms with E-state index in [9.17, 15) is 8.78 Å². The van der Waals surface area contributed by atoms with Gasteiger partial charge in [0.25, 0.3) is 0 Å². The summed E-state index contributed by atoms with van der Waals surface area (Å²) in [5, 5.41) is 6.78. The Morgan fingerprint density at radius 1 is 1.32 bits per heavy atom. The van der Waals surface area contributed by atoms with E-state index in [1.165, 1.54) is 12.8 Å². The normalized spacial score (nSPS) is 19.6. The average Bonchev–Trinajstić information content (AvgIpc) is 2.41. The standard InChI is InChI=1S/C14H20F2N2O/c15-14(16)19-13-5-3-11(4-6-13)8-18-10-12-2-1-7-17-9-12/h3-6,12,14,17-18H,1-2,7-10H2. The molecule has 0 radical (unpaired) electrons. The molecule has 1 unspecified atom stereocenters. The van der Waals surface area contributed by atoms with Crippen molar-refractivity contribution in [2.24, 2.45) is 5.92 Å². The molecule has 0 amide bonds. The molecule has 2 rings (SSSR count). The van der Waals surface area contributed by atoms with E-state index in [1.807, 2.05) is 12.1 Å². The van der Waals surface area contributed by atoms with E-state index < -0.39 is 6.61 Å². The van der Waals surface area contributed by atoms with E-state index in [0.29, 0.717) is 5.92 Å². The molecule has 1 aromatic carbocycles. The zero-order valence-corrected chi connectivity index (χ0v) is 10.9. The SMILES string of the molecule is FC(F)Oc1ccc(CNCC2CCCNC2)cc1. The highest BCUT2D eigenvalue weighted by Crippen LogP contribution is 2.15. The van der Waals surface area contributed by atoms with E-state index in [2.05, 4.69) is 15.4 Å². The molecule has 1 atom stereocenters. The number of benzene rings is 1. The van der Waals surface area contributed by atoms with Gasteiger partial charge in [-0.05, 0) is 56.1 Å². The molecule has 0 saturated carbocycles. The third-order valence-corrected chi connectivity index (χ3v) is 3.31. The summed E-state index contributed by atoms with van der Waals surface area (Å²) in [6, 6.07) is 6.77. The Morgan fingerprint density at radius 3 is 2.74 bits per heavy atom. The van der Waals surface area contributed by atoms with Gasteiger partial charge in [-0.25, -0.2) is 0 Å². The molecular weight excluding hydrogens is 250 g/mol. The Kier molecular flexibility index (Phi) is 5.54. The van der Waals surface area contributed by atoms with E-state index in [-0.39, 0.29) is 5.75 Å². The van der Waals surface area contributed by atoms with Gasteiger partial charge >= 0.3 is 6.61 Å². The van der Waals surface area contributed by atoms with Gasteiger partial charge in [0.15, 0.2) is 0 Å². The van der Waals surface area contributed by atoms with Gasteiger partial charge in [0.05, 0.1) is 0 Å². The molecule has 1 aliphatic rings. The second-order valence-corrected chi connectivity index (χ2v) is 4.87. The number of alkyl halides is 2. The lowest BCUT2D eigenvalue weighted by Crippen LogP contribution is -2.35. The van der Waals surface area contributed by atoms with Crippen LogP contribution in [0.3, 0.4) is 0 Å². The lowest BCUT2D eigenvalue weighted by Gasteiger charge is -2.23. The molecule has 1 heterocycles. The van der Waals surface area contributed by atoms with Crippen LogP contribution in [0.15, 0.2) is 24.3 Å². The number of hydrogen-bond acceptors (Lipinski definition) is 3. The van der Waals surface area contributed by atoms with Crippen LogP contribution in [0.2, 0.25) is 0 Å². The molecule has 2 N–H and O–H groups in total. The summed E-state index contributed by atoms with van der Waals surface area (Å²) in [4.78, 5) is 0. The highest BCUT2D eigenvalue weighted by molar-refractivity contribution is 5.27. The zero-order valence-electron chi connectivity index (χ0n) is 10.9. The van der Waals surface area contributed by atoms with Crippen molar-refractivity contribution in [3.8, 4) is 5.75 Å². The Balaban J connectivity index is 1.70. The first-order valence-electron chi connectivity index (χ1n) is 6.69. The van der Waals surface area contributed by atoms with Crippen molar-refractivity contribution in [2.75, 3.05) is 19.6 Å². The number of halogens is 2. The monoisotopic (exact) mass is 270 g/mol. The summed E-state index contributed by atoms with van der Waals surface area (Å²) in [5.74, 6) is 0.894. The number of hydrogen-bond donors (Lipinski definition) is 2. The lowest BCUT2D eigenvalue weighted by atomic mass is 10.00. The first-order valence-corrected chi connectivity index (χ1v) is 6.69. The summed E-state index contributed by atoms with van der Waals surface area (Å²) < 4.78 is 28.3. The first kappa shape index (κ1) is 14.2. The lowest BCUT2D eigenvalue weighted by molar-refractivity contribution is -0.0498. The Hall–Kier alpha value is -1.20. The fourth-order valence-electron chi connectivity index (χ4n) is 2.31. The summed E-state index contributed by atoms with van der Waals surface area (Å²) in [6.07, 6.45) is 2.51. The van der Waals surface area contributed by atoms with Gasteiger partial charge < -0.3 is 15.4 Å². The fourth-order valence-corrected chi connectivity index (χ4v) is 2.31. The summed E-state index contributed by atoms with van der Waals surface area (Å²) in [6.45, 7) is 1.19. The molecule has 1 fully saturated rings. The molecule has 1 saturated heterocycles. The molecule has 0 bridgehead atoms. The van der Waals surface area contributed by atoms with Gasteiger partial charge in [-0.3, -0.25) is 0 Å². The van der Waals surface area contributed by atoms with Crippen LogP contribution in [0.1, 0.15) is 18.4 Å². The predicted octanol–water partition coefficient (Wildman–Crippen LogP) is 2.38. The maximum absolute atomic E-state index is 12.0. The second-order valence-electron chi connectivity index (χ2n) is 4.87. The molecule has 5 heteroatoms. The molecule has 19 heavy (non-hydrogen) atoms. The minimum absolute atomic E-state index is 0.204. The largest absolute Gasteiger partial charge is 0.435 e. The van der Waals surface area contributed by atoms with E-state index in [0.717, 1.165) is 31.7 Å². The maximum atomic E-state index is 12.0. The average molecular weight is 270 g/mol. The molecule has 0 spiro atoms. The first-order chi connectivity index (χ1) is 9.24. The Morgan fingerprint density at radius 2 is 2.11 bits per heavy atom. The molecule has 0 aromatic heterocycles. The third kappa shape index (κ3) is 5.12. The molecular formula is C14H20F2N2O. The van der Waals surface area contributed by atoms with Crippen LogP contribution in [0, 0.1) is 5.92 Å². The fraction of sp³-hybridized carbons (Fsp3) is 0.571. The number of nitrogens with one attached hydrogen (secondary N) is 2. The summed E-state index contributed by atoms with van der Waals surface area (Å²) in [7, 11) is 0. The quantitative estimate of drug-likeness (QED) is 0.832. The minimum atomic E-state index is -2.76. The van der Waals surface area contributed by atoms with Gasteiger partial charge in [-0.15, -0.1) is 0 Å². The smallest absolute Gasteiger partial charge is 0.387 e. The van der Waals surface area contributed by atoms with Crippen molar-refractivity contribution in [1.29, 1.82) is 0 Å². The highest BCUT2D eigenvalue weighted by atomic mass is 19.3. The van der Waals surface area contributed by atoms with Gasteiger partial charge in [0.2, 0.25) is 0 Å². The van der Waals surface area contributed by atoms with E-state index in [4.69, 9.17) is 0 Å². The number of rotatable bonds is 6. The van der Waals surface area contributed by atoms with Crippen LogP contribution in [-0.4, -0.2) is 26.2 Å². The predicted molar refractivity (Wildman–Crippen MR) is 70.4 cm³/mol. The van der Waals surface area contributed by atoms with Gasteiger partial charge in [0, 0.05) is 6.54 Å². The Labute approximate surface area is 112 Å². The van der Waals surface area contributed by atoms with Crippen LogP contribution >= 0.6 is 0 Å². The molecule has 3 nitrogen and oxygen atoms in total. The zero-order chi connectivity index (χ0) is 13.5. The van der Waals surface area contributed by atoms with E-state index >= 15 is 0 Å². The highest BCUT2D eigenvalue weighted by Gasteiger charge is 2.11. The second kappa shape index (κ2) is 7.40. The van der Waals surface area contributed by atoms with Crippen LogP contribution in [0.4, 0.5) is 8.78 Å². The third-order valence-electron chi connectivity index (χ3n) is 3.31. The van der Waals surface area contributed by atoms with Crippen molar-refractivity contribution in [3.63, 3.8) is 0 Å². The molecule has 106 valence electrons. The van der Waals surface area contributed by atoms with Crippen LogP contribution in [0.5, 0.6) is 5.75 Å². The van der Waals surface area contributed by atoms with Crippen molar-refractivity contribution in [1.82, 2.24) is 10.6 Å². The van der Waals surface area contributed by atoms with Crippen LogP contribution in [-0.2, 0) is 6.54 Å². The molecule has 1 aliphatic heterocycles. The molecule has 0 aliphatic carbocycles. The number of piperidine rings is 1. The van der Waals surface area contributed by atoms with Crippen molar-refractivity contribution >= 4 is 0 Å². The van der Waals surface area contributed by atoms with Crippen LogP contribution in [0.25, 0.3) is 0 Å². The van der Waals surface area contributed by atoms with Crippen molar-refractivity contribution < 1.29 is 13.5 Å². The maximum Gasteiger partial charge on any atom is 0.387 e. The molecule has 1 aromatic rings.